The van der Waals surface area contributed by atoms with Gasteiger partial charge in [0, 0.05) is 36.1 Å². The Morgan fingerprint density at radius 1 is 0.875 bits per heavy atom. The van der Waals surface area contributed by atoms with Crippen LogP contribution in [-0.2, 0) is 4.79 Å². The molecule has 1 saturated carbocycles. The van der Waals surface area contributed by atoms with Crippen molar-refractivity contribution in [3.63, 3.8) is 0 Å². The highest BCUT2D eigenvalue weighted by Gasteiger charge is 2.49. The Morgan fingerprint density at radius 3 is 1.94 bits per heavy atom. The summed E-state index contributed by atoms with van der Waals surface area (Å²) in [7, 11) is 4.00. The van der Waals surface area contributed by atoms with Crippen LogP contribution in [-0.4, -0.2) is 64.4 Å². The normalized spacial score (nSPS) is 23.4. The summed E-state index contributed by atoms with van der Waals surface area (Å²) >= 11 is 0. The molecule has 0 saturated heterocycles. The number of fused-ring (bicyclic) bond motifs is 2. The minimum atomic E-state index is -0.216. The Kier molecular flexibility index (Phi) is 5.83. The quantitative estimate of drug-likeness (QED) is 0.748. The summed E-state index contributed by atoms with van der Waals surface area (Å²) in [6, 6.07) is 12.0. The molecule has 3 aliphatic rings. The minimum absolute atomic E-state index is 0.0522. The minimum Gasteiger partial charge on any atom is -0.486 e. The molecule has 0 aromatic heterocycles. The topological polar surface area (TPSA) is 69.3 Å². The highest BCUT2D eigenvalue weighted by Crippen LogP contribution is 2.58. The first kappa shape index (κ1) is 20.9. The van der Waals surface area contributed by atoms with Gasteiger partial charge in [-0.2, -0.15) is 0 Å². The number of amides is 1. The third-order valence-corrected chi connectivity index (χ3v) is 6.53. The highest BCUT2D eigenvalue weighted by molar-refractivity contribution is 5.83. The summed E-state index contributed by atoms with van der Waals surface area (Å²) < 4.78 is 23.5. The van der Waals surface area contributed by atoms with Gasteiger partial charge in [-0.15, -0.1) is 0 Å². The molecule has 0 radical (unpaired) electrons. The molecule has 2 aromatic rings. The van der Waals surface area contributed by atoms with E-state index in [9.17, 15) is 4.79 Å². The van der Waals surface area contributed by atoms with Crippen molar-refractivity contribution in [1.29, 1.82) is 0 Å². The van der Waals surface area contributed by atoms with Gasteiger partial charge < -0.3 is 29.2 Å². The van der Waals surface area contributed by atoms with Gasteiger partial charge in [0.15, 0.2) is 23.0 Å². The van der Waals surface area contributed by atoms with Crippen LogP contribution in [0, 0.1) is 5.92 Å². The van der Waals surface area contributed by atoms with Gasteiger partial charge in [0.05, 0.1) is 5.92 Å². The molecular weight excluding hydrogens is 408 g/mol. The third-order valence-electron chi connectivity index (χ3n) is 6.53. The molecule has 5 rings (SSSR count). The van der Waals surface area contributed by atoms with Crippen molar-refractivity contribution in [2.75, 3.05) is 53.6 Å². The zero-order chi connectivity index (χ0) is 22.1. The summed E-state index contributed by atoms with van der Waals surface area (Å²) in [6.07, 6.45) is 0.839. The molecule has 1 amide bonds. The van der Waals surface area contributed by atoms with E-state index in [0.717, 1.165) is 47.1 Å². The van der Waals surface area contributed by atoms with Gasteiger partial charge in [-0.3, -0.25) is 4.79 Å². The molecule has 32 heavy (non-hydrogen) atoms. The second-order valence-corrected chi connectivity index (χ2v) is 8.81. The van der Waals surface area contributed by atoms with Crippen molar-refractivity contribution < 1.29 is 23.7 Å². The summed E-state index contributed by atoms with van der Waals surface area (Å²) in [5.41, 5.74) is 2.10. The van der Waals surface area contributed by atoms with Crippen molar-refractivity contribution in [1.82, 2.24) is 10.2 Å². The van der Waals surface area contributed by atoms with Gasteiger partial charge in [-0.1, -0.05) is 24.3 Å². The Balaban J connectivity index is 1.46. The van der Waals surface area contributed by atoms with E-state index in [2.05, 4.69) is 22.3 Å². The number of para-hydroxylation sites is 2. The molecule has 7 nitrogen and oxygen atoms in total. The SMILES string of the molecule is CN(C)CCNC(=O)C1[C@@H](c2cccc3c2OCCO3)C[C@H]1c1cccc2c1OCCO2. The molecule has 2 heterocycles. The molecule has 1 N–H and O–H groups in total. The van der Waals surface area contributed by atoms with Crippen molar-refractivity contribution >= 4 is 5.91 Å². The lowest BCUT2D eigenvalue weighted by molar-refractivity contribution is -0.129. The number of hydrogen-bond acceptors (Lipinski definition) is 6. The van der Waals surface area contributed by atoms with Crippen LogP contribution in [0.1, 0.15) is 29.4 Å². The van der Waals surface area contributed by atoms with Crippen molar-refractivity contribution in [2.24, 2.45) is 5.92 Å². The van der Waals surface area contributed by atoms with Crippen LogP contribution in [0.3, 0.4) is 0 Å². The van der Waals surface area contributed by atoms with Crippen molar-refractivity contribution in [3.05, 3.63) is 47.5 Å². The molecule has 3 atom stereocenters. The van der Waals surface area contributed by atoms with Gasteiger partial charge in [-0.05, 0) is 32.6 Å². The lowest BCUT2D eigenvalue weighted by Crippen LogP contribution is -2.46. The third kappa shape index (κ3) is 3.86. The average molecular weight is 439 g/mol. The van der Waals surface area contributed by atoms with Gasteiger partial charge in [0.2, 0.25) is 5.91 Å². The number of nitrogens with one attached hydrogen (secondary N) is 1. The smallest absolute Gasteiger partial charge is 0.224 e. The number of carbonyl (C=O) groups is 1. The molecule has 2 aliphatic heterocycles. The van der Waals surface area contributed by atoms with E-state index in [1.807, 2.05) is 38.4 Å². The maximum Gasteiger partial charge on any atom is 0.224 e. The molecule has 1 fully saturated rings. The van der Waals surface area contributed by atoms with E-state index >= 15 is 0 Å². The lowest BCUT2D eigenvalue weighted by Gasteiger charge is -2.45. The monoisotopic (exact) mass is 438 g/mol. The van der Waals surface area contributed by atoms with Gasteiger partial charge in [-0.25, -0.2) is 0 Å². The number of nitrogens with zero attached hydrogens (tertiary/aromatic N) is 1. The zero-order valence-electron chi connectivity index (χ0n) is 18.6. The Labute approximate surface area is 188 Å². The first-order chi connectivity index (χ1) is 15.6. The molecule has 7 heteroatoms. The first-order valence-corrected chi connectivity index (χ1v) is 11.3. The van der Waals surface area contributed by atoms with Gasteiger partial charge >= 0.3 is 0 Å². The van der Waals surface area contributed by atoms with E-state index in [4.69, 9.17) is 18.9 Å². The molecule has 0 spiro atoms. The summed E-state index contributed by atoms with van der Waals surface area (Å²) in [4.78, 5) is 15.5. The van der Waals surface area contributed by atoms with Crippen LogP contribution in [0.25, 0.3) is 0 Å². The van der Waals surface area contributed by atoms with E-state index in [-0.39, 0.29) is 23.7 Å². The van der Waals surface area contributed by atoms with Gasteiger partial charge in [0.25, 0.3) is 0 Å². The second-order valence-electron chi connectivity index (χ2n) is 8.81. The highest BCUT2D eigenvalue weighted by atomic mass is 16.6. The summed E-state index contributed by atoms with van der Waals surface area (Å²) in [6.45, 7) is 3.55. The Morgan fingerprint density at radius 2 is 1.41 bits per heavy atom. The number of ether oxygens (including phenoxy) is 4. The predicted octanol–water partition coefficient (Wildman–Crippen LogP) is 2.79. The fourth-order valence-corrected chi connectivity index (χ4v) is 4.95. The molecule has 1 aliphatic carbocycles. The predicted molar refractivity (Wildman–Crippen MR) is 120 cm³/mol. The van der Waals surface area contributed by atoms with Crippen LogP contribution in [0.2, 0.25) is 0 Å². The maximum atomic E-state index is 13.4. The maximum absolute atomic E-state index is 13.4. The first-order valence-electron chi connectivity index (χ1n) is 11.3. The van der Waals surface area contributed by atoms with Gasteiger partial charge in [0.1, 0.15) is 26.4 Å². The number of rotatable bonds is 6. The fourth-order valence-electron chi connectivity index (χ4n) is 4.95. The van der Waals surface area contributed by atoms with Crippen molar-refractivity contribution in [2.45, 2.75) is 18.3 Å². The van der Waals surface area contributed by atoms with Crippen LogP contribution in [0.5, 0.6) is 23.0 Å². The summed E-state index contributed by atoms with van der Waals surface area (Å²) in [5, 5.41) is 3.15. The summed E-state index contributed by atoms with van der Waals surface area (Å²) in [5.74, 6) is 3.04. The lowest BCUT2D eigenvalue weighted by atomic mass is 9.59. The Hall–Kier alpha value is -2.93. The van der Waals surface area contributed by atoms with E-state index < -0.39 is 0 Å². The zero-order valence-corrected chi connectivity index (χ0v) is 18.6. The number of hydrogen-bond donors (Lipinski definition) is 1. The van der Waals surface area contributed by atoms with Crippen molar-refractivity contribution in [3.8, 4) is 23.0 Å². The number of benzene rings is 2. The molecular formula is C25H30N2O5. The molecule has 1 unspecified atom stereocenters. The number of carbonyl (C=O) groups excluding carboxylic acids is 1. The van der Waals surface area contributed by atoms with Crippen LogP contribution in [0.15, 0.2) is 36.4 Å². The number of likely N-dealkylation sites (N-methyl/N-ethyl adjacent to an activating group) is 1. The fraction of sp³-hybridized carbons (Fsp3) is 0.480. The average Bonchev–Trinajstić information content (AvgIpc) is 2.78. The largest absolute Gasteiger partial charge is 0.486 e. The van der Waals surface area contributed by atoms with E-state index in [1.54, 1.807) is 0 Å². The van der Waals surface area contributed by atoms with Crippen LogP contribution in [0.4, 0.5) is 0 Å². The van der Waals surface area contributed by atoms with E-state index in [1.165, 1.54) is 0 Å². The molecule has 0 bridgehead atoms. The molecule has 2 aromatic carbocycles. The van der Waals surface area contributed by atoms with Crippen LogP contribution < -0.4 is 24.3 Å². The van der Waals surface area contributed by atoms with E-state index in [0.29, 0.717) is 33.0 Å². The van der Waals surface area contributed by atoms with Crippen LogP contribution >= 0.6 is 0 Å². The standard InChI is InChI=1S/C25H30N2O5/c1-27(2)10-9-26-25(28)22-18(16-5-3-7-20-23(16)31-13-11-29-20)15-19(22)17-6-4-8-21-24(17)32-14-12-30-21/h3-8,18-19,22H,9-15H2,1-2H3,(H,26,28)/t18-,19+,22?. The molecule has 170 valence electrons. The Bertz CT molecular complexity index is 927. The second kappa shape index (κ2) is 8.90.